The van der Waals surface area contributed by atoms with Crippen molar-refractivity contribution in [2.24, 2.45) is 0 Å². The van der Waals surface area contributed by atoms with E-state index in [4.69, 9.17) is 9.47 Å². The molecule has 1 N–H and O–H groups in total. The maximum Gasteiger partial charge on any atom is 0.251 e. The maximum absolute atomic E-state index is 12.0. The highest BCUT2D eigenvalue weighted by atomic mass is 16.5. The number of pyridine rings is 1. The van der Waals surface area contributed by atoms with Gasteiger partial charge in [-0.2, -0.15) is 0 Å². The van der Waals surface area contributed by atoms with Gasteiger partial charge in [-0.1, -0.05) is 18.9 Å². The van der Waals surface area contributed by atoms with Crippen molar-refractivity contribution in [3.8, 4) is 11.5 Å². The minimum atomic E-state index is -0.0931. The van der Waals surface area contributed by atoms with E-state index in [1.807, 2.05) is 6.07 Å². The summed E-state index contributed by atoms with van der Waals surface area (Å²) in [6.07, 6.45) is 9.19. The van der Waals surface area contributed by atoms with Crippen LogP contribution in [-0.4, -0.2) is 49.1 Å². The lowest BCUT2D eigenvalue weighted by Crippen LogP contribution is -2.25. The summed E-state index contributed by atoms with van der Waals surface area (Å²) in [7, 11) is 1.66. The first-order valence-corrected chi connectivity index (χ1v) is 10.5. The molecule has 1 fully saturated rings. The lowest BCUT2D eigenvalue weighted by molar-refractivity contribution is 0.0951. The minimum Gasteiger partial charge on any atom is -0.493 e. The van der Waals surface area contributed by atoms with Crippen LogP contribution < -0.4 is 14.8 Å². The second-order valence-corrected chi connectivity index (χ2v) is 7.37. The number of hydrogen-bond acceptors (Lipinski definition) is 5. The standard InChI is InChI=1S/C23H31N3O3/c1-28-21-8-7-19(18-26-14-4-2-3-5-15-26)17-22(21)29-16-6-11-25-23(27)20-9-12-24-13-10-20/h7-10,12-13,17H,2-6,11,14-16,18H2,1H3,(H,25,27). The minimum absolute atomic E-state index is 0.0931. The van der Waals surface area contributed by atoms with E-state index in [2.05, 4.69) is 27.3 Å². The van der Waals surface area contributed by atoms with Gasteiger partial charge in [0.15, 0.2) is 11.5 Å². The lowest BCUT2D eigenvalue weighted by atomic mass is 10.2. The molecule has 29 heavy (non-hydrogen) atoms. The van der Waals surface area contributed by atoms with Gasteiger partial charge in [0.2, 0.25) is 0 Å². The van der Waals surface area contributed by atoms with E-state index in [0.29, 0.717) is 18.7 Å². The molecule has 156 valence electrons. The van der Waals surface area contributed by atoms with Crippen LogP contribution in [0.1, 0.15) is 48.0 Å². The number of methoxy groups -OCH3 is 1. The molecule has 2 heterocycles. The van der Waals surface area contributed by atoms with E-state index >= 15 is 0 Å². The van der Waals surface area contributed by atoms with Gasteiger partial charge in [-0.3, -0.25) is 14.7 Å². The second kappa shape index (κ2) is 11.4. The molecule has 1 aromatic carbocycles. The Morgan fingerprint density at radius 2 is 1.83 bits per heavy atom. The highest BCUT2D eigenvalue weighted by Gasteiger charge is 2.12. The second-order valence-electron chi connectivity index (χ2n) is 7.37. The van der Waals surface area contributed by atoms with Crippen molar-refractivity contribution in [2.75, 3.05) is 33.4 Å². The van der Waals surface area contributed by atoms with Gasteiger partial charge in [-0.15, -0.1) is 0 Å². The molecule has 0 saturated carbocycles. The van der Waals surface area contributed by atoms with Gasteiger partial charge in [-0.05, 0) is 62.2 Å². The molecular weight excluding hydrogens is 366 g/mol. The predicted molar refractivity (Wildman–Crippen MR) is 113 cm³/mol. The number of amides is 1. The Bertz CT molecular complexity index is 759. The molecule has 0 bridgehead atoms. The molecule has 1 aromatic heterocycles. The van der Waals surface area contributed by atoms with E-state index in [1.165, 1.54) is 44.3 Å². The van der Waals surface area contributed by atoms with E-state index in [1.54, 1.807) is 31.6 Å². The Balaban J connectivity index is 1.47. The van der Waals surface area contributed by atoms with Crippen LogP contribution in [0.3, 0.4) is 0 Å². The summed E-state index contributed by atoms with van der Waals surface area (Å²) in [6.45, 7) is 4.35. The number of carbonyl (C=O) groups is 1. The molecule has 1 aliphatic heterocycles. The number of nitrogens with one attached hydrogen (secondary N) is 1. The van der Waals surface area contributed by atoms with E-state index < -0.39 is 0 Å². The van der Waals surface area contributed by atoms with Crippen molar-refractivity contribution in [2.45, 2.75) is 38.6 Å². The first-order valence-electron chi connectivity index (χ1n) is 10.5. The molecule has 1 saturated heterocycles. The zero-order valence-electron chi connectivity index (χ0n) is 17.2. The van der Waals surface area contributed by atoms with Crippen LogP contribution in [0, 0.1) is 0 Å². The number of ether oxygens (including phenoxy) is 2. The number of carbonyl (C=O) groups excluding carboxylic acids is 1. The van der Waals surface area contributed by atoms with Gasteiger partial charge in [0, 0.05) is 31.0 Å². The molecule has 1 aliphatic rings. The van der Waals surface area contributed by atoms with Crippen LogP contribution in [0.2, 0.25) is 0 Å². The monoisotopic (exact) mass is 397 g/mol. The molecule has 1 amide bonds. The zero-order valence-corrected chi connectivity index (χ0v) is 17.2. The number of likely N-dealkylation sites (tertiary alicyclic amines) is 1. The first-order chi connectivity index (χ1) is 14.3. The van der Waals surface area contributed by atoms with Crippen molar-refractivity contribution >= 4 is 5.91 Å². The predicted octanol–water partition coefficient (Wildman–Crippen LogP) is 3.67. The Morgan fingerprint density at radius 1 is 1.07 bits per heavy atom. The molecule has 0 atom stereocenters. The van der Waals surface area contributed by atoms with Gasteiger partial charge >= 0.3 is 0 Å². The number of benzene rings is 1. The average Bonchev–Trinajstić information content (AvgIpc) is 3.03. The van der Waals surface area contributed by atoms with Crippen molar-refractivity contribution in [3.05, 3.63) is 53.9 Å². The SMILES string of the molecule is COc1ccc(CN2CCCCCC2)cc1OCCCNC(=O)c1ccncc1. The fourth-order valence-corrected chi connectivity index (χ4v) is 3.55. The quantitative estimate of drug-likeness (QED) is 0.654. The highest BCUT2D eigenvalue weighted by molar-refractivity contribution is 5.93. The van der Waals surface area contributed by atoms with E-state index in [0.717, 1.165) is 24.5 Å². The molecule has 0 radical (unpaired) electrons. The molecule has 0 aliphatic carbocycles. The number of hydrogen-bond donors (Lipinski definition) is 1. The summed E-state index contributed by atoms with van der Waals surface area (Å²) in [5.74, 6) is 1.41. The van der Waals surface area contributed by atoms with Gasteiger partial charge in [-0.25, -0.2) is 0 Å². The van der Waals surface area contributed by atoms with Crippen LogP contribution in [-0.2, 0) is 6.54 Å². The highest BCUT2D eigenvalue weighted by Crippen LogP contribution is 2.29. The largest absolute Gasteiger partial charge is 0.493 e. The van der Waals surface area contributed by atoms with Crippen LogP contribution >= 0.6 is 0 Å². The summed E-state index contributed by atoms with van der Waals surface area (Å²) >= 11 is 0. The normalized spacial score (nSPS) is 14.8. The third kappa shape index (κ3) is 6.75. The summed E-state index contributed by atoms with van der Waals surface area (Å²) < 4.78 is 11.4. The molecule has 2 aromatic rings. The van der Waals surface area contributed by atoms with Crippen LogP contribution in [0.25, 0.3) is 0 Å². The molecule has 6 nitrogen and oxygen atoms in total. The van der Waals surface area contributed by atoms with Gasteiger partial charge in [0.05, 0.1) is 13.7 Å². The maximum atomic E-state index is 12.0. The van der Waals surface area contributed by atoms with Gasteiger partial charge < -0.3 is 14.8 Å². The summed E-state index contributed by atoms with van der Waals surface area (Å²) in [4.78, 5) is 18.5. The topological polar surface area (TPSA) is 63.7 Å². The summed E-state index contributed by atoms with van der Waals surface area (Å²) in [6, 6.07) is 9.58. The number of nitrogens with zero attached hydrogens (tertiary/aromatic N) is 2. The van der Waals surface area contributed by atoms with Crippen LogP contribution in [0.5, 0.6) is 11.5 Å². The van der Waals surface area contributed by atoms with Crippen molar-refractivity contribution < 1.29 is 14.3 Å². The van der Waals surface area contributed by atoms with Crippen molar-refractivity contribution in [1.82, 2.24) is 15.2 Å². The molecule has 6 heteroatoms. The number of aromatic nitrogens is 1. The molecular formula is C23H31N3O3. The molecule has 0 spiro atoms. The lowest BCUT2D eigenvalue weighted by Gasteiger charge is -2.20. The van der Waals surface area contributed by atoms with Crippen molar-refractivity contribution in [3.63, 3.8) is 0 Å². The zero-order chi connectivity index (χ0) is 20.3. The number of rotatable bonds is 9. The fourth-order valence-electron chi connectivity index (χ4n) is 3.55. The van der Waals surface area contributed by atoms with Gasteiger partial charge in [0.25, 0.3) is 5.91 Å². The van der Waals surface area contributed by atoms with Crippen molar-refractivity contribution in [1.29, 1.82) is 0 Å². The Morgan fingerprint density at radius 3 is 2.55 bits per heavy atom. The first kappa shape index (κ1) is 21.1. The summed E-state index contributed by atoms with van der Waals surface area (Å²) in [5.41, 5.74) is 1.86. The third-order valence-electron chi connectivity index (χ3n) is 5.14. The Labute approximate surface area is 173 Å². The molecule has 3 rings (SSSR count). The summed E-state index contributed by atoms with van der Waals surface area (Å²) in [5, 5.41) is 2.90. The van der Waals surface area contributed by atoms with Crippen LogP contribution in [0.4, 0.5) is 0 Å². The van der Waals surface area contributed by atoms with Gasteiger partial charge in [0.1, 0.15) is 0 Å². The smallest absolute Gasteiger partial charge is 0.251 e. The third-order valence-corrected chi connectivity index (χ3v) is 5.14. The fraction of sp³-hybridized carbons (Fsp3) is 0.478. The van der Waals surface area contributed by atoms with E-state index in [-0.39, 0.29) is 5.91 Å². The Hall–Kier alpha value is -2.60. The Kier molecular flexibility index (Phi) is 8.31. The molecule has 0 unspecified atom stereocenters. The van der Waals surface area contributed by atoms with E-state index in [9.17, 15) is 4.79 Å². The average molecular weight is 398 g/mol. The van der Waals surface area contributed by atoms with Crippen LogP contribution in [0.15, 0.2) is 42.7 Å².